The Balaban J connectivity index is 1.39. The SMILES string of the molecule is CC1(C)Cc2cc(NC(=O)c3cnn4cccnc34)c(N3CCn4ccnc4C3)cc2O1. The Labute approximate surface area is 184 Å². The van der Waals surface area contributed by atoms with Crippen LogP contribution in [0.15, 0.2) is 49.2 Å². The number of amides is 1. The number of carbonyl (C=O) groups excluding carboxylic acids is 1. The Hall–Kier alpha value is -3.88. The third kappa shape index (κ3) is 3.08. The van der Waals surface area contributed by atoms with Crippen LogP contribution in [0.2, 0.25) is 0 Å². The number of benzene rings is 1. The minimum absolute atomic E-state index is 0.239. The Bertz CT molecular complexity index is 1350. The Morgan fingerprint density at radius 1 is 1.16 bits per heavy atom. The quantitative estimate of drug-likeness (QED) is 0.539. The molecule has 9 heteroatoms. The number of rotatable bonds is 3. The second-order valence-electron chi connectivity index (χ2n) is 8.87. The molecule has 0 unspecified atom stereocenters. The third-order valence-electron chi connectivity index (χ3n) is 6.04. The van der Waals surface area contributed by atoms with Crippen LogP contribution in [0.3, 0.4) is 0 Å². The molecule has 2 aliphatic rings. The van der Waals surface area contributed by atoms with Crippen LogP contribution in [-0.2, 0) is 19.5 Å². The number of nitrogens with one attached hydrogen (secondary N) is 1. The lowest BCUT2D eigenvalue weighted by atomic mass is 10.0. The molecule has 1 amide bonds. The van der Waals surface area contributed by atoms with Crippen molar-refractivity contribution >= 4 is 22.9 Å². The third-order valence-corrected chi connectivity index (χ3v) is 6.04. The molecule has 162 valence electrons. The summed E-state index contributed by atoms with van der Waals surface area (Å²) in [6.07, 6.45) is 9.60. The first-order chi connectivity index (χ1) is 15.5. The van der Waals surface area contributed by atoms with Crippen molar-refractivity contribution in [3.05, 3.63) is 66.1 Å². The standard InChI is InChI=1S/C23H23N7O2/c1-23(2)12-15-10-17(27-22(31)16-13-26-30-6-3-4-25-21(16)30)18(11-19(15)32-23)29-9-8-28-7-5-24-20(28)14-29/h3-7,10-11,13H,8-9,12,14H2,1-2H3,(H,27,31). The topological polar surface area (TPSA) is 89.6 Å². The van der Waals surface area contributed by atoms with Crippen molar-refractivity contribution < 1.29 is 9.53 Å². The maximum absolute atomic E-state index is 13.2. The summed E-state index contributed by atoms with van der Waals surface area (Å²) in [5.74, 6) is 1.63. The van der Waals surface area contributed by atoms with Gasteiger partial charge in [0.25, 0.3) is 5.91 Å². The van der Waals surface area contributed by atoms with Gasteiger partial charge >= 0.3 is 0 Å². The van der Waals surface area contributed by atoms with Gasteiger partial charge in [0, 0.05) is 55.9 Å². The van der Waals surface area contributed by atoms with Crippen LogP contribution in [0.5, 0.6) is 5.75 Å². The molecule has 0 aliphatic carbocycles. The molecule has 0 atom stereocenters. The molecule has 4 aromatic rings. The van der Waals surface area contributed by atoms with E-state index in [2.05, 4.69) is 43.7 Å². The number of fused-ring (bicyclic) bond motifs is 3. The van der Waals surface area contributed by atoms with Gasteiger partial charge in [-0.05, 0) is 26.0 Å². The Morgan fingerprint density at radius 3 is 2.97 bits per heavy atom. The lowest BCUT2D eigenvalue weighted by Crippen LogP contribution is -2.34. The molecule has 9 nitrogen and oxygen atoms in total. The normalized spacial score (nSPS) is 16.5. The minimum Gasteiger partial charge on any atom is -0.487 e. The molecule has 0 fully saturated rings. The average Bonchev–Trinajstić information content (AvgIpc) is 3.47. The summed E-state index contributed by atoms with van der Waals surface area (Å²) >= 11 is 0. The van der Waals surface area contributed by atoms with Crippen molar-refractivity contribution in [1.29, 1.82) is 0 Å². The summed E-state index contributed by atoms with van der Waals surface area (Å²) in [5.41, 5.74) is 3.46. The first-order valence-electron chi connectivity index (χ1n) is 10.7. The fraction of sp³-hybridized carbons (Fsp3) is 0.304. The van der Waals surface area contributed by atoms with Gasteiger partial charge in [0.15, 0.2) is 5.65 Å². The van der Waals surface area contributed by atoms with E-state index in [9.17, 15) is 4.79 Å². The predicted molar refractivity (Wildman–Crippen MR) is 119 cm³/mol. The van der Waals surface area contributed by atoms with Crippen molar-refractivity contribution in [3.63, 3.8) is 0 Å². The molecular weight excluding hydrogens is 406 g/mol. The Morgan fingerprint density at radius 2 is 2.06 bits per heavy atom. The van der Waals surface area contributed by atoms with Crippen LogP contribution in [0, 0.1) is 0 Å². The van der Waals surface area contributed by atoms with Crippen molar-refractivity contribution in [2.75, 3.05) is 16.8 Å². The largest absolute Gasteiger partial charge is 0.487 e. The molecule has 2 aliphatic heterocycles. The number of hydrogen-bond acceptors (Lipinski definition) is 6. The van der Waals surface area contributed by atoms with Crippen LogP contribution in [0.25, 0.3) is 5.65 Å². The van der Waals surface area contributed by atoms with Crippen molar-refractivity contribution in [1.82, 2.24) is 24.1 Å². The van der Waals surface area contributed by atoms with E-state index in [0.717, 1.165) is 48.0 Å². The highest BCUT2D eigenvalue weighted by Crippen LogP contribution is 2.42. The summed E-state index contributed by atoms with van der Waals surface area (Å²) in [6, 6.07) is 5.87. The van der Waals surface area contributed by atoms with Gasteiger partial charge in [-0.15, -0.1) is 0 Å². The maximum atomic E-state index is 13.2. The van der Waals surface area contributed by atoms with Crippen molar-refractivity contribution in [3.8, 4) is 5.75 Å². The van der Waals surface area contributed by atoms with E-state index >= 15 is 0 Å². The van der Waals surface area contributed by atoms with E-state index in [1.54, 1.807) is 29.2 Å². The van der Waals surface area contributed by atoms with E-state index in [-0.39, 0.29) is 11.5 Å². The number of imidazole rings is 1. The van der Waals surface area contributed by atoms with Crippen LogP contribution in [0.1, 0.15) is 35.6 Å². The zero-order chi connectivity index (χ0) is 21.9. The van der Waals surface area contributed by atoms with Crippen LogP contribution >= 0.6 is 0 Å². The van der Waals surface area contributed by atoms with Gasteiger partial charge in [-0.1, -0.05) is 0 Å². The first-order valence-corrected chi connectivity index (χ1v) is 10.7. The number of ether oxygens (including phenoxy) is 1. The van der Waals surface area contributed by atoms with Gasteiger partial charge in [0.1, 0.15) is 22.7 Å². The summed E-state index contributed by atoms with van der Waals surface area (Å²) in [7, 11) is 0. The second-order valence-corrected chi connectivity index (χ2v) is 8.87. The minimum atomic E-state index is -0.271. The summed E-state index contributed by atoms with van der Waals surface area (Å²) in [5, 5.41) is 7.36. The predicted octanol–water partition coefficient (Wildman–Crippen LogP) is 2.91. The van der Waals surface area contributed by atoms with E-state index in [4.69, 9.17) is 4.74 Å². The number of aromatic nitrogens is 5. The molecule has 0 saturated heterocycles. The lowest BCUT2D eigenvalue weighted by Gasteiger charge is -2.31. The van der Waals surface area contributed by atoms with Gasteiger partial charge in [0.05, 0.1) is 24.1 Å². The lowest BCUT2D eigenvalue weighted by molar-refractivity contribution is 0.102. The molecule has 32 heavy (non-hydrogen) atoms. The highest BCUT2D eigenvalue weighted by molar-refractivity contribution is 6.09. The number of anilines is 2. The number of carbonyl (C=O) groups is 1. The monoisotopic (exact) mass is 429 g/mol. The highest BCUT2D eigenvalue weighted by Gasteiger charge is 2.32. The average molecular weight is 429 g/mol. The van der Waals surface area contributed by atoms with E-state index in [1.165, 1.54) is 0 Å². The molecule has 6 rings (SSSR count). The molecular formula is C23H23N7O2. The molecule has 0 spiro atoms. The maximum Gasteiger partial charge on any atom is 0.261 e. The Kier molecular flexibility index (Phi) is 4.01. The molecule has 0 radical (unpaired) electrons. The highest BCUT2D eigenvalue weighted by atomic mass is 16.5. The van der Waals surface area contributed by atoms with E-state index < -0.39 is 0 Å². The van der Waals surface area contributed by atoms with Gasteiger partial charge in [0.2, 0.25) is 0 Å². The summed E-state index contributed by atoms with van der Waals surface area (Å²) < 4.78 is 9.94. The van der Waals surface area contributed by atoms with E-state index in [1.807, 2.05) is 24.5 Å². The molecule has 1 N–H and O–H groups in total. The molecule has 5 heterocycles. The van der Waals surface area contributed by atoms with Crippen LogP contribution < -0.4 is 15.0 Å². The molecule has 0 bridgehead atoms. The zero-order valence-electron chi connectivity index (χ0n) is 17.9. The number of hydrogen-bond donors (Lipinski definition) is 1. The van der Waals surface area contributed by atoms with Gasteiger partial charge in [-0.3, -0.25) is 4.79 Å². The smallest absolute Gasteiger partial charge is 0.261 e. The van der Waals surface area contributed by atoms with E-state index in [0.29, 0.717) is 17.8 Å². The first kappa shape index (κ1) is 18.9. The second kappa shape index (κ2) is 6.81. The van der Waals surface area contributed by atoms with Gasteiger partial charge < -0.3 is 19.5 Å². The van der Waals surface area contributed by atoms with Crippen molar-refractivity contribution in [2.45, 2.75) is 39.0 Å². The van der Waals surface area contributed by atoms with Gasteiger partial charge in [-0.25, -0.2) is 14.5 Å². The fourth-order valence-corrected chi connectivity index (χ4v) is 4.56. The molecule has 1 aromatic carbocycles. The molecule has 3 aromatic heterocycles. The fourth-order valence-electron chi connectivity index (χ4n) is 4.56. The molecule has 0 saturated carbocycles. The van der Waals surface area contributed by atoms with Crippen LogP contribution in [0.4, 0.5) is 11.4 Å². The summed E-state index contributed by atoms with van der Waals surface area (Å²) in [6.45, 7) is 6.47. The van der Waals surface area contributed by atoms with Crippen LogP contribution in [-0.4, -0.2) is 42.2 Å². The van der Waals surface area contributed by atoms with Crippen molar-refractivity contribution in [2.24, 2.45) is 0 Å². The summed E-state index contributed by atoms with van der Waals surface area (Å²) in [4.78, 5) is 24.3. The number of nitrogens with zero attached hydrogens (tertiary/aromatic N) is 6. The zero-order valence-corrected chi connectivity index (χ0v) is 17.9. The van der Waals surface area contributed by atoms with Gasteiger partial charge in [-0.2, -0.15) is 5.10 Å².